The van der Waals surface area contributed by atoms with Gasteiger partial charge in [0.15, 0.2) is 5.72 Å². The van der Waals surface area contributed by atoms with E-state index in [9.17, 15) is 0 Å². The van der Waals surface area contributed by atoms with Crippen LogP contribution in [0, 0.1) is 13.8 Å². The highest BCUT2D eigenvalue weighted by molar-refractivity contribution is 5.64. The first-order valence-corrected chi connectivity index (χ1v) is 9.87. The van der Waals surface area contributed by atoms with Gasteiger partial charge in [-0.2, -0.15) is 0 Å². The molecular formula is C22H24N4O3. The quantitative estimate of drug-likeness (QED) is 0.676. The van der Waals surface area contributed by atoms with Crippen molar-refractivity contribution in [2.75, 3.05) is 26.9 Å². The van der Waals surface area contributed by atoms with Crippen molar-refractivity contribution >= 4 is 0 Å². The molecule has 2 aliphatic heterocycles. The molecule has 2 aliphatic rings. The van der Waals surface area contributed by atoms with Crippen LogP contribution in [-0.2, 0) is 21.6 Å². The second kappa shape index (κ2) is 7.02. The average molecular weight is 392 g/mol. The first-order valence-electron chi connectivity index (χ1n) is 9.87. The third kappa shape index (κ3) is 2.80. The van der Waals surface area contributed by atoms with Crippen LogP contribution in [-0.4, -0.2) is 52.9 Å². The Labute approximate surface area is 169 Å². The highest BCUT2D eigenvalue weighted by Gasteiger charge is 2.51. The number of methoxy groups -OCH3 is 1. The minimum absolute atomic E-state index is 0.267. The number of nitrogens with zero attached hydrogens (tertiary/aromatic N) is 4. The van der Waals surface area contributed by atoms with Gasteiger partial charge in [0.25, 0.3) is 0 Å². The molecule has 29 heavy (non-hydrogen) atoms. The summed E-state index contributed by atoms with van der Waals surface area (Å²) in [5.41, 5.74) is 5.88. The number of hydrogen-bond donors (Lipinski definition) is 0. The maximum absolute atomic E-state index is 6.35. The van der Waals surface area contributed by atoms with Gasteiger partial charge in [-0.05, 0) is 44.0 Å². The molecule has 3 aromatic heterocycles. The topological polar surface area (TPSA) is 73.5 Å². The Bertz CT molecular complexity index is 1030. The van der Waals surface area contributed by atoms with Gasteiger partial charge >= 0.3 is 0 Å². The molecule has 150 valence electrons. The van der Waals surface area contributed by atoms with E-state index < -0.39 is 5.72 Å². The zero-order valence-corrected chi connectivity index (χ0v) is 16.9. The van der Waals surface area contributed by atoms with Gasteiger partial charge in [-0.25, -0.2) is 0 Å². The van der Waals surface area contributed by atoms with Crippen LogP contribution in [0.5, 0.6) is 0 Å². The fourth-order valence-electron chi connectivity index (χ4n) is 4.45. The smallest absolute Gasteiger partial charge is 0.181 e. The van der Waals surface area contributed by atoms with E-state index in [1.807, 2.05) is 38.4 Å². The first kappa shape index (κ1) is 18.4. The molecule has 1 fully saturated rings. The Morgan fingerprint density at radius 1 is 1.10 bits per heavy atom. The van der Waals surface area contributed by atoms with Crippen molar-refractivity contribution in [1.82, 2.24) is 20.0 Å². The van der Waals surface area contributed by atoms with Crippen molar-refractivity contribution in [3.05, 3.63) is 64.9 Å². The lowest BCUT2D eigenvalue weighted by Crippen LogP contribution is -2.62. The highest BCUT2D eigenvalue weighted by atomic mass is 16.5. The molecule has 0 aliphatic carbocycles. The molecule has 7 nitrogen and oxygen atoms in total. The molecule has 0 bridgehead atoms. The van der Waals surface area contributed by atoms with E-state index in [0.717, 1.165) is 46.7 Å². The summed E-state index contributed by atoms with van der Waals surface area (Å²) in [5, 5.41) is 4.34. The zero-order chi connectivity index (χ0) is 20.0. The predicted molar refractivity (Wildman–Crippen MR) is 106 cm³/mol. The molecule has 5 heterocycles. The summed E-state index contributed by atoms with van der Waals surface area (Å²) < 4.78 is 17.4. The van der Waals surface area contributed by atoms with Crippen LogP contribution < -0.4 is 0 Å². The largest absolute Gasteiger partial charge is 0.378 e. The van der Waals surface area contributed by atoms with Gasteiger partial charge in [-0.1, -0.05) is 5.16 Å². The lowest BCUT2D eigenvalue weighted by atomic mass is 9.83. The molecule has 0 N–H and O–H groups in total. The summed E-state index contributed by atoms with van der Waals surface area (Å²) in [6, 6.07) is 6.41. The maximum Gasteiger partial charge on any atom is 0.181 e. The van der Waals surface area contributed by atoms with Crippen molar-refractivity contribution in [2.24, 2.45) is 0 Å². The van der Waals surface area contributed by atoms with E-state index in [2.05, 4.69) is 26.1 Å². The summed E-state index contributed by atoms with van der Waals surface area (Å²) in [6.45, 7) is 6.21. The van der Waals surface area contributed by atoms with Gasteiger partial charge in [0.1, 0.15) is 12.0 Å². The van der Waals surface area contributed by atoms with E-state index in [-0.39, 0.29) is 6.04 Å². The van der Waals surface area contributed by atoms with Crippen molar-refractivity contribution in [1.29, 1.82) is 0 Å². The van der Waals surface area contributed by atoms with E-state index in [0.29, 0.717) is 13.2 Å². The summed E-state index contributed by atoms with van der Waals surface area (Å²) in [6.07, 6.45) is 6.39. The van der Waals surface area contributed by atoms with Crippen LogP contribution in [0.25, 0.3) is 11.3 Å². The zero-order valence-electron chi connectivity index (χ0n) is 16.9. The number of hydrogen-bond acceptors (Lipinski definition) is 7. The molecule has 0 spiro atoms. The highest BCUT2D eigenvalue weighted by Crippen LogP contribution is 2.46. The summed E-state index contributed by atoms with van der Waals surface area (Å²) >= 11 is 0. The van der Waals surface area contributed by atoms with Gasteiger partial charge in [0.05, 0.1) is 24.8 Å². The van der Waals surface area contributed by atoms with Crippen LogP contribution in [0.1, 0.15) is 28.1 Å². The Morgan fingerprint density at radius 2 is 1.93 bits per heavy atom. The van der Waals surface area contributed by atoms with E-state index in [4.69, 9.17) is 14.0 Å². The Kier molecular flexibility index (Phi) is 4.46. The van der Waals surface area contributed by atoms with Crippen LogP contribution in [0.15, 0.2) is 41.4 Å². The molecule has 3 aromatic rings. The van der Waals surface area contributed by atoms with Crippen LogP contribution in [0.2, 0.25) is 0 Å². The van der Waals surface area contributed by atoms with Crippen LogP contribution in [0.3, 0.4) is 0 Å². The molecule has 1 saturated heterocycles. The molecule has 1 unspecified atom stereocenters. The van der Waals surface area contributed by atoms with Crippen LogP contribution in [0.4, 0.5) is 0 Å². The predicted octanol–water partition coefficient (Wildman–Crippen LogP) is 2.85. The molecule has 0 saturated carbocycles. The Balaban J connectivity index is 1.73. The van der Waals surface area contributed by atoms with E-state index in [1.54, 1.807) is 13.4 Å². The van der Waals surface area contributed by atoms with E-state index in [1.165, 1.54) is 5.56 Å². The lowest BCUT2D eigenvalue weighted by Gasteiger charge is -2.52. The number of aryl methyl sites for hydroxylation is 2. The second-order valence-corrected chi connectivity index (χ2v) is 7.73. The summed E-state index contributed by atoms with van der Waals surface area (Å²) in [4.78, 5) is 11.4. The molecule has 0 amide bonds. The van der Waals surface area contributed by atoms with Crippen molar-refractivity contribution in [3.63, 3.8) is 0 Å². The maximum atomic E-state index is 6.35. The second-order valence-electron chi connectivity index (χ2n) is 7.73. The fourth-order valence-corrected chi connectivity index (χ4v) is 4.45. The van der Waals surface area contributed by atoms with Gasteiger partial charge in [0, 0.05) is 48.6 Å². The number of pyridine rings is 2. The lowest BCUT2D eigenvalue weighted by molar-refractivity contribution is -0.187. The monoisotopic (exact) mass is 392 g/mol. The Morgan fingerprint density at radius 3 is 2.62 bits per heavy atom. The number of aromatic nitrogens is 3. The Hall–Kier alpha value is -2.61. The van der Waals surface area contributed by atoms with Crippen molar-refractivity contribution in [3.8, 4) is 11.3 Å². The normalized spacial score (nSPS) is 22.3. The number of rotatable bonds is 4. The molecule has 1 atom stereocenters. The van der Waals surface area contributed by atoms with Crippen molar-refractivity contribution < 1.29 is 14.0 Å². The number of fused-ring (bicyclic) bond motifs is 1. The fraction of sp³-hybridized carbons (Fsp3) is 0.409. The van der Waals surface area contributed by atoms with Gasteiger partial charge < -0.3 is 14.0 Å². The molecular weight excluding hydrogens is 368 g/mol. The third-order valence-corrected chi connectivity index (χ3v) is 5.99. The summed E-state index contributed by atoms with van der Waals surface area (Å²) in [5.74, 6) is 0. The van der Waals surface area contributed by atoms with Crippen molar-refractivity contribution in [2.45, 2.75) is 32.0 Å². The van der Waals surface area contributed by atoms with Gasteiger partial charge in [-0.3, -0.25) is 14.9 Å². The van der Waals surface area contributed by atoms with Crippen LogP contribution >= 0.6 is 0 Å². The number of ether oxygens (including phenoxy) is 2. The van der Waals surface area contributed by atoms with Gasteiger partial charge in [0.2, 0.25) is 0 Å². The SMILES string of the molecule is COC1(c2conc2-c2ccc(C)nc2)c2cnc(C)cc2CCN1C1COC1. The van der Waals surface area contributed by atoms with E-state index >= 15 is 0 Å². The summed E-state index contributed by atoms with van der Waals surface area (Å²) in [7, 11) is 1.74. The third-order valence-electron chi connectivity index (χ3n) is 5.99. The van der Waals surface area contributed by atoms with Gasteiger partial charge in [-0.15, -0.1) is 0 Å². The minimum Gasteiger partial charge on any atom is -0.378 e. The first-order chi connectivity index (χ1) is 14.1. The standard InChI is InChI=1S/C22H24N4O3/c1-14-4-5-17(9-23-14)21-20(13-29-25-21)22(27-3)19-10-24-15(2)8-16(19)6-7-26(22)18-11-28-12-18/h4-5,8-10,13,18H,6-7,11-12H2,1-3H3. The average Bonchev–Trinajstić information content (AvgIpc) is 3.17. The molecule has 7 heteroatoms. The minimum atomic E-state index is -0.844. The molecule has 0 radical (unpaired) electrons. The molecule has 5 rings (SSSR count). The molecule has 0 aromatic carbocycles.